The van der Waals surface area contributed by atoms with Crippen molar-refractivity contribution in [2.45, 2.75) is 38.0 Å². The topological polar surface area (TPSA) is 38.3 Å². The normalized spacial score (nSPS) is 14.7. The third-order valence-electron chi connectivity index (χ3n) is 2.72. The van der Waals surface area contributed by atoms with Gasteiger partial charge >= 0.3 is 0 Å². The van der Waals surface area contributed by atoms with Crippen LogP contribution in [0.25, 0.3) is 0 Å². The van der Waals surface area contributed by atoms with E-state index >= 15 is 0 Å². The average Bonchev–Trinajstić information content (AvgIpc) is 2.37. The first-order valence-corrected chi connectivity index (χ1v) is 7.47. The zero-order valence-corrected chi connectivity index (χ0v) is 12.9. The fraction of sp³-hybridized carbons (Fsp3) is 0.467. The van der Waals surface area contributed by atoms with Crippen LogP contribution in [0, 0.1) is 0 Å². The molecule has 0 aliphatic carbocycles. The number of methoxy groups -OCH3 is 1. The predicted octanol–water partition coefficient (Wildman–Crippen LogP) is 3.36. The minimum Gasteiger partial charge on any atom is -0.496 e. The molecule has 0 aromatic heterocycles. The summed E-state index contributed by atoms with van der Waals surface area (Å²) in [5.74, 6) is 0.799. The molecule has 0 saturated carbocycles. The van der Waals surface area contributed by atoms with Gasteiger partial charge in [0.2, 0.25) is 0 Å². The van der Waals surface area contributed by atoms with Gasteiger partial charge in [0.1, 0.15) is 5.75 Å². The number of hydrogen-bond acceptors (Lipinski definition) is 2. The molecule has 1 N–H and O–H groups in total. The second-order valence-corrected chi connectivity index (χ2v) is 7.32. The van der Waals surface area contributed by atoms with E-state index in [1.54, 1.807) is 7.11 Å². The number of rotatable bonds is 6. The Bertz CT molecular complexity index is 452. The molecule has 1 unspecified atom stereocenters. The third-order valence-corrected chi connectivity index (χ3v) is 4.33. The Morgan fingerprint density at radius 2 is 2.05 bits per heavy atom. The fourth-order valence-corrected chi connectivity index (χ4v) is 2.50. The summed E-state index contributed by atoms with van der Waals surface area (Å²) in [5.41, 5.74) is 1.00. The minimum atomic E-state index is -1.13. The summed E-state index contributed by atoms with van der Waals surface area (Å²) in [6.45, 7) is 9.61. The summed E-state index contributed by atoms with van der Waals surface area (Å²) in [6, 6.07) is 7.71. The van der Waals surface area contributed by atoms with E-state index in [9.17, 15) is 4.21 Å². The maximum atomic E-state index is 12.2. The highest BCUT2D eigenvalue weighted by atomic mass is 32.2. The number of para-hydroxylation sites is 1. The van der Waals surface area contributed by atoms with Crippen molar-refractivity contribution in [2.75, 3.05) is 7.11 Å². The molecule has 0 amide bonds. The molecule has 3 nitrogen and oxygen atoms in total. The van der Waals surface area contributed by atoms with Gasteiger partial charge in [-0.05, 0) is 33.3 Å². The highest BCUT2D eigenvalue weighted by Gasteiger charge is 2.24. The molecule has 19 heavy (non-hydrogen) atoms. The zero-order chi connectivity index (χ0) is 14.5. The lowest BCUT2D eigenvalue weighted by Gasteiger charge is -2.25. The van der Waals surface area contributed by atoms with Crippen molar-refractivity contribution in [2.24, 2.45) is 0 Å². The molecule has 0 radical (unpaired) electrons. The van der Waals surface area contributed by atoms with E-state index in [1.165, 1.54) is 0 Å². The van der Waals surface area contributed by atoms with Crippen molar-refractivity contribution in [3.8, 4) is 5.75 Å². The Labute approximate surface area is 118 Å². The Balaban J connectivity index is 3.00. The van der Waals surface area contributed by atoms with E-state index in [0.29, 0.717) is 6.42 Å². The van der Waals surface area contributed by atoms with Crippen molar-refractivity contribution < 1.29 is 8.95 Å². The van der Waals surface area contributed by atoms with Gasteiger partial charge in [0.05, 0.1) is 28.9 Å². The molecule has 0 saturated heterocycles. The Hall–Kier alpha value is -1.13. The first-order valence-electron chi connectivity index (χ1n) is 6.32. The maximum absolute atomic E-state index is 12.2. The van der Waals surface area contributed by atoms with E-state index < -0.39 is 11.0 Å². The highest BCUT2D eigenvalue weighted by Crippen LogP contribution is 2.28. The van der Waals surface area contributed by atoms with E-state index in [1.807, 2.05) is 51.1 Å². The summed E-state index contributed by atoms with van der Waals surface area (Å²) < 4.78 is 20.5. The van der Waals surface area contributed by atoms with Gasteiger partial charge < -0.3 is 4.74 Å². The first-order chi connectivity index (χ1) is 8.90. The summed E-state index contributed by atoms with van der Waals surface area (Å²) in [7, 11) is 0.510. The standard InChI is InChI=1S/C15H23NO2S/c1-6-9-13(16-19(17)15(2,3)4)12-10-7-8-11-14(12)18-5/h6-8,10-11,13,16H,1,9H2,2-5H3/t13-,19?/m0/s1. The lowest BCUT2D eigenvalue weighted by molar-refractivity contribution is 0.404. The van der Waals surface area contributed by atoms with Crippen LogP contribution in [0.2, 0.25) is 0 Å². The van der Waals surface area contributed by atoms with Crippen molar-refractivity contribution in [1.29, 1.82) is 0 Å². The molecule has 4 heteroatoms. The molecule has 0 bridgehead atoms. The van der Waals surface area contributed by atoms with Gasteiger partial charge in [-0.25, -0.2) is 8.93 Å². The largest absolute Gasteiger partial charge is 0.496 e. The maximum Gasteiger partial charge on any atom is 0.123 e. The Morgan fingerprint density at radius 1 is 1.42 bits per heavy atom. The van der Waals surface area contributed by atoms with Gasteiger partial charge in [-0.2, -0.15) is 0 Å². The monoisotopic (exact) mass is 281 g/mol. The van der Waals surface area contributed by atoms with Crippen LogP contribution in [0.1, 0.15) is 38.8 Å². The molecule has 1 rings (SSSR count). The summed E-state index contributed by atoms with van der Waals surface area (Å²) in [6.07, 6.45) is 2.52. The van der Waals surface area contributed by atoms with E-state index in [4.69, 9.17) is 4.74 Å². The number of nitrogens with one attached hydrogen (secondary N) is 1. The smallest absolute Gasteiger partial charge is 0.123 e. The van der Waals surface area contributed by atoms with Crippen LogP contribution < -0.4 is 9.46 Å². The van der Waals surface area contributed by atoms with Crippen molar-refractivity contribution in [1.82, 2.24) is 4.72 Å². The van der Waals surface area contributed by atoms with E-state index in [0.717, 1.165) is 11.3 Å². The number of hydrogen-bond donors (Lipinski definition) is 1. The van der Waals surface area contributed by atoms with E-state index in [2.05, 4.69) is 11.3 Å². The van der Waals surface area contributed by atoms with E-state index in [-0.39, 0.29) is 10.8 Å². The second-order valence-electron chi connectivity index (χ2n) is 5.32. The van der Waals surface area contributed by atoms with Crippen LogP contribution in [-0.2, 0) is 11.0 Å². The van der Waals surface area contributed by atoms with Crippen LogP contribution in [-0.4, -0.2) is 16.1 Å². The van der Waals surface area contributed by atoms with Crippen molar-refractivity contribution >= 4 is 11.0 Å². The molecular formula is C15H23NO2S. The van der Waals surface area contributed by atoms with Gasteiger partial charge in [-0.3, -0.25) is 0 Å². The molecule has 0 spiro atoms. The molecule has 0 aliphatic heterocycles. The second kappa shape index (κ2) is 6.87. The molecule has 0 aliphatic rings. The summed E-state index contributed by atoms with van der Waals surface area (Å²) >= 11 is 0. The third kappa shape index (κ3) is 4.48. The van der Waals surface area contributed by atoms with Gasteiger partial charge in [0, 0.05) is 5.56 Å². The molecule has 2 atom stereocenters. The molecule has 1 aromatic rings. The number of benzene rings is 1. The summed E-state index contributed by atoms with van der Waals surface area (Å²) in [5, 5.41) is 0. The van der Waals surface area contributed by atoms with Crippen molar-refractivity contribution in [3.63, 3.8) is 0 Å². The van der Waals surface area contributed by atoms with Crippen LogP contribution in [0.4, 0.5) is 0 Å². The highest BCUT2D eigenvalue weighted by molar-refractivity contribution is 7.84. The molecular weight excluding hydrogens is 258 g/mol. The van der Waals surface area contributed by atoms with Crippen LogP contribution >= 0.6 is 0 Å². The Morgan fingerprint density at radius 3 is 2.58 bits per heavy atom. The SMILES string of the molecule is C=CC[C@H](NS(=O)C(C)(C)C)c1ccccc1OC. The van der Waals surface area contributed by atoms with Gasteiger partial charge in [0.15, 0.2) is 0 Å². The predicted molar refractivity (Wildman–Crippen MR) is 81.6 cm³/mol. The number of ether oxygens (including phenoxy) is 1. The first kappa shape index (κ1) is 15.9. The minimum absolute atomic E-state index is 0.0614. The summed E-state index contributed by atoms with van der Waals surface area (Å²) in [4.78, 5) is 0. The quantitative estimate of drug-likeness (QED) is 0.812. The Kier molecular flexibility index (Phi) is 5.76. The molecule has 0 heterocycles. The van der Waals surface area contributed by atoms with Crippen molar-refractivity contribution in [3.05, 3.63) is 42.5 Å². The van der Waals surface area contributed by atoms with Crippen LogP contribution in [0.15, 0.2) is 36.9 Å². The lowest BCUT2D eigenvalue weighted by atomic mass is 10.0. The van der Waals surface area contributed by atoms with Gasteiger partial charge in [-0.1, -0.05) is 24.3 Å². The molecule has 0 fully saturated rings. The lowest BCUT2D eigenvalue weighted by Crippen LogP contribution is -2.35. The van der Waals surface area contributed by atoms with Gasteiger partial charge in [0.25, 0.3) is 0 Å². The zero-order valence-electron chi connectivity index (χ0n) is 12.1. The van der Waals surface area contributed by atoms with Crippen LogP contribution in [0.5, 0.6) is 5.75 Å². The molecule has 1 aromatic carbocycles. The average molecular weight is 281 g/mol. The fourth-order valence-electron chi connectivity index (χ4n) is 1.67. The molecule has 106 valence electrons. The van der Waals surface area contributed by atoms with Gasteiger partial charge in [-0.15, -0.1) is 6.58 Å². The van der Waals surface area contributed by atoms with Crippen LogP contribution in [0.3, 0.4) is 0 Å².